The molecule has 0 saturated carbocycles. The van der Waals surface area contributed by atoms with E-state index in [0.29, 0.717) is 12.2 Å². The van der Waals surface area contributed by atoms with E-state index in [2.05, 4.69) is 17.9 Å². The second-order valence-electron chi connectivity index (χ2n) is 4.23. The molecule has 92 valence electrons. The van der Waals surface area contributed by atoms with Crippen molar-refractivity contribution in [3.63, 3.8) is 0 Å². The van der Waals surface area contributed by atoms with Gasteiger partial charge >= 0.3 is 0 Å². The van der Waals surface area contributed by atoms with Gasteiger partial charge in [0.2, 0.25) is 0 Å². The van der Waals surface area contributed by atoms with Crippen LogP contribution in [0.4, 0.5) is 5.69 Å². The molecular weight excluding hydrogens is 230 g/mol. The molecule has 0 amide bonds. The molecule has 0 atom stereocenters. The summed E-state index contributed by atoms with van der Waals surface area (Å²) in [5.41, 5.74) is 2.03. The minimum atomic E-state index is 0.291. The van der Waals surface area contributed by atoms with Gasteiger partial charge in [-0.3, -0.25) is 4.79 Å². The Morgan fingerprint density at radius 2 is 2.18 bits per heavy atom. The largest absolute Gasteiger partial charge is 0.370 e. The summed E-state index contributed by atoms with van der Waals surface area (Å²) in [4.78, 5) is 14.1. The summed E-state index contributed by atoms with van der Waals surface area (Å²) < 4.78 is 0. The van der Waals surface area contributed by atoms with Crippen LogP contribution >= 0.6 is 11.8 Å². The molecular formula is C14H19NOS. The lowest BCUT2D eigenvalue weighted by atomic mass is 10.0. The van der Waals surface area contributed by atoms with Crippen LogP contribution in [0.3, 0.4) is 0 Å². The van der Waals surface area contributed by atoms with Crippen molar-refractivity contribution in [2.75, 3.05) is 29.5 Å². The number of rotatable bonds is 5. The minimum absolute atomic E-state index is 0.291. The Kier molecular flexibility index (Phi) is 4.49. The fourth-order valence-corrected chi connectivity index (χ4v) is 2.83. The van der Waals surface area contributed by atoms with E-state index in [-0.39, 0.29) is 0 Å². The summed E-state index contributed by atoms with van der Waals surface area (Å²) in [5, 5.41) is 0. The Morgan fingerprint density at radius 3 is 3.00 bits per heavy atom. The van der Waals surface area contributed by atoms with Crippen molar-refractivity contribution in [1.82, 2.24) is 0 Å². The van der Waals surface area contributed by atoms with E-state index in [9.17, 15) is 4.79 Å². The second-order valence-corrected chi connectivity index (χ2v) is 5.62. The van der Waals surface area contributed by atoms with Crippen molar-refractivity contribution in [3.8, 4) is 0 Å². The summed E-state index contributed by atoms with van der Waals surface area (Å²) in [6.45, 7) is 4.14. The molecule has 0 bridgehead atoms. The molecule has 0 N–H and O–H groups in total. The fourth-order valence-electron chi connectivity index (χ4n) is 2.21. The van der Waals surface area contributed by atoms with Crippen LogP contribution < -0.4 is 4.90 Å². The van der Waals surface area contributed by atoms with E-state index in [0.717, 1.165) is 24.3 Å². The highest BCUT2D eigenvalue weighted by atomic mass is 32.2. The molecule has 1 aliphatic rings. The Morgan fingerprint density at radius 1 is 1.35 bits per heavy atom. The van der Waals surface area contributed by atoms with Gasteiger partial charge in [0.25, 0.3) is 0 Å². The maximum absolute atomic E-state index is 11.8. The van der Waals surface area contributed by atoms with Crippen LogP contribution in [0.2, 0.25) is 0 Å². The molecule has 0 unspecified atom stereocenters. The van der Waals surface area contributed by atoms with E-state index in [4.69, 9.17) is 0 Å². The first-order valence-corrected chi connectivity index (χ1v) is 7.43. The zero-order chi connectivity index (χ0) is 12.1. The zero-order valence-corrected chi connectivity index (χ0v) is 11.1. The lowest BCUT2D eigenvalue weighted by Crippen LogP contribution is -2.33. The molecule has 1 aromatic rings. The third kappa shape index (κ3) is 3.03. The number of ketones is 1. The number of para-hydroxylation sites is 1. The van der Waals surface area contributed by atoms with Crippen molar-refractivity contribution in [3.05, 3.63) is 29.8 Å². The predicted molar refractivity (Wildman–Crippen MR) is 75.2 cm³/mol. The van der Waals surface area contributed by atoms with Gasteiger partial charge in [-0.2, -0.15) is 11.8 Å². The van der Waals surface area contributed by atoms with E-state index in [1.54, 1.807) is 0 Å². The lowest BCUT2D eigenvalue weighted by Gasteiger charge is -2.30. The molecule has 1 aliphatic heterocycles. The van der Waals surface area contributed by atoms with Crippen molar-refractivity contribution in [2.45, 2.75) is 19.8 Å². The van der Waals surface area contributed by atoms with E-state index in [1.165, 1.54) is 17.9 Å². The topological polar surface area (TPSA) is 20.3 Å². The third-order valence-electron chi connectivity index (χ3n) is 3.07. The van der Waals surface area contributed by atoms with Gasteiger partial charge in [-0.25, -0.2) is 0 Å². The van der Waals surface area contributed by atoms with Gasteiger partial charge in [0, 0.05) is 30.8 Å². The highest BCUT2D eigenvalue weighted by Gasteiger charge is 2.21. The SMILES string of the molecule is CCSCCCN1CCC(=O)c2ccccc21. The Balaban J connectivity index is 2.00. The van der Waals surface area contributed by atoms with Gasteiger partial charge in [-0.05, 0) is 30.1 Å². The molecule has 3 heteroatoms. The van der Waals surface area contributed by atoms with Gasteiger partial charge in [-0.15, -0.1) is 0 Å². The van der Waals surface area contributed by atoms with Gasteiger partial charge in [0.05, 0.1) is 0 Å². The first kappa shape index (κ1) is 12.5. The summed E-state index contributed by atoms with van der Waals surface area (Å²) >= 11 is 1.98. The van der Waals surface area contributed by atoms with Crippen LogP contribution in [-0.4, -0.2) is 30.4 Å². The number of fused-ring (bicyclic) bond motifs is 1. The number of hydrogen-bond acceptors (Lipinski definition) is 3. The first-order valence-electron chi connectivity index (χ1n) is 6.28. The Hall–Kier alpha value is -0.960. The van der Waals surface area contributed by atoms with Crippen molar-refractivity contribution < 1.29 is 4.79 Å². The maximum atomic E-state index is 11.8. The molecule has 0 aromatic heterocycles. The van der Waals surface area contributed by atoms with Crippen LogP contribution in [0.25, 0.3) is 0 Å². The number of nitrogens with zero attached hydrogens (tertiary/aromatic N) is 1. The highest BCUT2D eigenvalue weighted by molar-refractivity contribution is 7.99. The molecule has 0 radical (unpaired) electrons. The average Bonchev–Trinajstić information content (AvgIpc) is 2.37. The molecule has 2 nitrogen and oxygen atoms in total. The molecule has 0 saturated heterocycles. The standard InChI is InChI=1S/C14H19NOS/c1-2-17-11-5-9-15-10-8-14(16)12-6-3-4-7-13(12)15/h3-4,6-7H,2,5,8-11H2,1H3. The number of benzene rings is 1. The van der Waals surface area contributed by atoms with E-state index >= 15 is 0 Å². The average molecular weight is 249 g/mol. The van der Waals surface area contributed by atoms with E-state index in [1.807, 2.05) is 30.0 Å². The maximum Gasteiger partial charge on any atom is 0.166 e. The van der Waals surface area contributed by atoms with Gasteiger partial charge in [-0.1, -0.05) is 19.1 Å². The van der Waals surface area contributed by atoms with Crippen molar-refractivity contribution in [1.29, 1.82) is 0 Å². The highest BCUT2D eigenvalue weighted by Crippen LogP contribution is 2.26. The molecule has 17 heavy (non-hydrogen) atoms. The number of carbonyl (C=O) groups is 1. The minimum Gasteiger partial charge on any atom is -0.370 e. The van der Waals surface area contributed by atoms with Crippen LogP contribution in [0.1, 0.15) is 30.1 Å². The molecule has 0 fully saturated rings. The summed E-state index contributed by atoms with van der Waals surface area (Å²) in [6, 6.07) is 7.99. The van der Waals surface area contributed by atoms with Crippen LogP contribution in [0.5, 0.6) is 0 Å². The summed E-state index contributed by atoms with van der Waals surface area (Å²) in [6.07, 6.45) is 1.86. The second kappa shape index (κ2) is 6.10. The summed E-state index contributed by atoms with van der Waals surface area (Å²) in [7, 11) is 0. The number of thioether (sulfide) groups is 1. The van der Waals surface area contributed by atoms with Crippen molar-refractivity contribution >= 4 is 23.2 Å². The Labute approximate surface area is 107 Å². The fraction of sp³-hybridized carbons (Fsp3) is 0.500. The van der Waals surface area contributed by atoms with Gasteiger partial charge in [0.15, 0.2) is 5.78 Å². The molecule has 0 aliphatic carbocycles. The number of Topliss-reactive ketones (excluding diaryl/α,β-unsaturated/α-hetero) is 1. The lowest BCUT2D eigenvalue weighted by molar-refractivity contribution is 0.0980. The third-order valence-corrected chi connectivity index (χ3v) is 4.06. The number of anilines is 1. The number of carbonyl (C=O) groups excluding carboxylic acids is 1. The first-order chi connectivity index (χ1) is 8.33. The molecule has 1 aromatic carbocycles. The van der Waals surface area contributed by atoms with Gasteiger partial charge in [0.1, 0.15) is 0 Å². The molecule has 2 rings (SSSR count). The van der Waals surface area contributed by atoms with Crippen LogP contribution in [0, 0.1) is 0 Å². The summed E-state index contributed by atoms with van der Waals surface area (Å²) in [5.74, 6) is 2.69. The number of hydrogen-bond donors (Lipinski definition) is 0. The molecule has 1 heterocycles. The van der Waals surface area contributed by atoms with Crippen LogP contribution in [-0.2, 0) is 0 Å². The predicted octanol–water partition coefficient (Wildman–Crippen LogP) is 3.22. The quantitative estimate of drug-likeness (QED) is 0.747. The Bertz CT molecular complexity index is 392. The zero-order valence-electron chi connectivity index (χ0n) is 10.3. The smallest absolute Gasteiger partial charge is 0.166 e. The van der Waals surface area contributed by atoms with Crippen molar-refractivity contribution in [2.24, 2.45) is 0 Å². The van der Waals surface area contributed by atoms with E-state index < -0.39 is 0 Å². The van der Waals surface area contributed by atoms with Crippen LogP contribution in [0.15, 0.2) is 24.3 Å². The van der Waals surface area contributed by atoms with Gasteiger partial charge < -0.3 is 4.90 Å². The molecule has 0 spiro atoms. The monoisotopic (exact) mass is 249 g/mol. The normalized spacial score (nSPS) is 14.9.